The summed E-state index contributed by atoms with van der Waals surface area (Å²) in [5, 5.41) is 4.11. The Morgan fingerprint density at radius 1 is 1.15 bits per heavy atom. The summed E-state index contributed by atoms with van der Waals surface area (Å²) in [7, 11) is 0. The average molecular weight is 349 g/mol. The zero-order valence-electron chi connectivity index (χ0n) is 14.2. The molecule has 3 aromatic rings. The fourth-order valence-electron chi connectivity index (χ4n) is 3.25. The van der Waals surface area contributed by atoms with E-state index in [0.29, 0.717) is 12.3 Å². The Labute approximate surface area is 150 Å². The van der Waals surface area contributed by atoms with Gasteiger partial charge in [0, 0.05) is 23.6 Å². The lowest BCUT2D eigenvalue weighted by Crippen LogP contribution is -2.43. The highest BCUT2D eigenvalue weighted by atomic mass is 16.5. The van der Waals surface area contributed by atoms with Crippen LogP contribution in [0.25, 0.3) is 10.9 Å². The van der Waals surface area contributed by atoms with E-state index in [1.807, 2.05) is 36.5 Å². The van der Waals surface area contributed by atoms with Gasteiger partial charge in [0.2, 0.25) is 5.91 Å². The van der Waals surface area contributed by atoms with Crippen molar-refractivity contribution in [1.82, 2.24) is 10.3 Å². The van der Waals surface area contributed by atoms with E-state index in [-0.39, 0.29) is 25.0 Å². The number of aromatic nitrogens is 1. The second-order valence-corrected chi connectivity index (χ2v) is 6.26. The van der Waals surface area contributed by atoms with Gasteiger partial charge in [-0.05, 0) is 30.2 Å². The number of amides is 1. The summed E-state index contributed by atoms with van der Waals surface area (Å²) in [4.78, 5) is 29.0. The topological polar surface area (TPSA) is 74.4 Å². The van der Waals surface area contributed by atoms with Crippen LogP contribution in [0.4, 0.5) is 5.69 Å². The van der Waals surface area contributed by atoms with Gasteiger partial charge in [0.25, 0.3) is 0 Å². The number of ether oxygens (including phenoxy) is 1. The fourth-order valence-corrected chi connectivity index (χ4v) is 3.25. The number of anilines is 1. The number of hydrogen-bond donors (Lipinski definition) is 2. The zero-order valence-corrected chi connectivity index (χ0v) is 14.2. The number of para-hydroxylation sites is 3. The standard InChI is InChI=1S/C20H19N3O3/c24-19(12-23-13-20(25)26-18-8-4-3-7-17(18)23)21-10-9-14-11-22-16-6-2-1-5-15(14)16/h1-8,11,22H,9-10,12-13H2,(H,21,24). The number of nitrogens with one attached hydrogen (secondary N) is 2. The third-order valence-electron chi connectivity index (χ3n) is 4.48. The van der Waals surface area contributed by atoms with Crippen LogP contribution in [0.2, 0.25) is 0 Å². The largest absolute Gasteiger partial charge is 0.423 e. The molecule has 0 aliphatic carbocycles. The maximum Gasteiger partial charge on any atom is 0.331 e. The molecule has 6 nitrogen and oxygen atoms in total. The molecule has 0 atom stereocenters. The van der Waals surface area contributed by atoms with E-state index in [1.54, 1.807) is 17.0 Å². The third-order valence-corrected chi connectivity index (χ3v) is 4.48. The number of rotatable bonds is 5. The summed E-state index contributed by atoms with van der Waals surface area (Å²) in [5.41, 5.74) is 3.03. The molecule has 0 fully saturated rings. The summed E-state index contributed by atoms with van der Waals surface area (Å²) in [6.07, 6.45) is 2.72. The number of nitrogens with zero attached hydrogens (tertiary/aromatic N) is 1. The highest BCUT2D eigenvalue weighted by molar-refractivity contribution is 5.89. The minimum Gasteiger partial charge on any atom is -0.423 e. The van der Waals surface area contributed by atoms with Gasteiger partial charge in [-0.2, -0.15) is 0 Å². The van der Waals surface area contributed by atoms with Crippen LogP contribution in [0, 0.1) is 0 Å². The van der Waals surface area contributed by atoms with E-state index in [2.05, 4.69) is 16.4 Å². The molecule has 0 unspecified atom stereocenters. The molecule has 2 heterocycles. The Balaban J connectivity index is 1.35. The van der Waals surface area contributed by atoms with Gasteiger partial charge in [0.15, 0.2) is 5.75 Å². The van der Waals surface area contributed by atoms with E-state index in [0.717, 1.165) is 17.6 Å². The second-order valence-electron chi connectivity index (χ2n) is 6.26. The van der Waals surface area contributed by atoms with Gasteiger partial charge >= 0.3 is 5.97 Å². The highest BCUT2D eigenvalue weighted by Gasteiger charge is 2.25. The molecule has 6 heteroatoms. The first kappa shape index (κ1) is 16.2. The first-order valence-corrected chi connectivity index (χ1v) is 8.57. The van der Waals surface area contributed by atoms with Crippen molar-refractivity contribution in [2.45, 2.75) is 6.42 Å². The quantitative estimate of drug-likeness (QED) is 0.547. The molecule has 4 rings (SSSR count). The van der Waals surface area contributed by atoms with E-state index < -0.39 is 0 Å². The Morgan fingerprint density at radius 3 is 2.88 bits per heavy atom. The summed E-state index contributed by atoms with van der Waals surface area (Å²) in [6.45, 7) is 0.744. The van der Waals surface area contributed by atoms with E-state index >= 15 is 0 Å². The first-order chi connectivity index (χ1) is 12.7. The molecule has 1 aliphatic heterocycles. The predicted octanol–water partition coefficient (Wildman–Crippen LogP) is 2.25. The van der Waals surface area contributed by atoms with Gasteiger partial charge in [-0.3, -0.25) is 4.79 Å². The Morgan fingerprint density at radius 2 is 1.96 bits per heavy atom. The monoisotopic (exact) mass is 349 g/mol. The van der Waals surface area contributed by atoms with Crippen molar-refractivity contribution < 1.29 is 14.3 Å². The highest BCUT2D eigenvalue weighted by Crippen LogP contribution is 2.30. The Bertz CT molecular complexity index is 964. The molecule has 132 valence electrons. The van der Waals surface area contributed by atoms with Crippen molar-refractivity contribution in [2.24, 2.45) is 0 Å². The van der Waals surface area contributed by atoms with E-state index in [1.165, 1.54) is 10.9 Å². The van der Waals surface area contributed by atoms with Crippen LogP contribution >= 0.6 is 0 Å². The molecule has 0 radical (unpaired) electrons. The van der Waals surface area contributed by atoms with Gasteiger partial charge in [-0.15, -0.1) is 0 Å². The molecule has 1 aliphatic rings. The van der Waals surface area contributed by atoms with Crippen LogP contribution in [0.15, 0.2) is 54.7 Å². The number of hydrogen-bond acceptors (Lipinski definition) is 4. The molecule has 0 saturated carbocycles. The van der Waals surface area contributed by atoms with Crippen molar-refractivity contribution in [2.75, 3.05) is 24.5 Å². The zero-order chi connectivity index (χ0) is 17.9. The molecular weight excluding hydrogens is 330 g/mol. The predicted molar refractivity (Wildman–Crippen MR) is 99.3 cm³/mol. The minimum absolute atomic E-state index is 0.0763. The van der Waals surface area contributed by atoms with Crippen LogP contribution in [0.1, 0.15) is 5.56 Å². The minimum atomic E-state index is -0.352. The van der Waals surface area contributed by atoms with Crippen LogP contribution in [-0.4, -0.2) is 36.5 Å². The number of carbonyl (C=O) groups is 2. The van der Waals surface area contributed by atoms with Crippen molar-refractivity contribution in [3.63, 3.8) is 0 Å². The molecule has 1 aromatic heterocycles. The normalized spacial score (nSPS) is 13.4. The van der Waals surface area contributed by atoms with Crippen molar-refractivity contribution in [3.8, 4) is 5.75 Å². The van der Waals surface area contributed by atoms with Gasteiger partial charge in [0.05, 0.1) is 12.2 Å². The van der Waals surface area contributed by atoms with Crippen molar-refractivity contribution >= 4 is 28.5 Å². The number of benzene rings is 2. The number of fused-ring (bicyclic) bond motifs is 2. The van der Waals surface area contributed by atoms with Crippen LogP contribution in [0.5, 0.6) is 5.75 Å². The number of H-pyrrole nitrogens is 1. The lowest BCUT2D eigenvalue weighted by molar-refractivity contribution is -0.133. The Hall–Kier alpha value is -3.28. The lowest BCUT2D eigenvalue weighted by atomic mass is 10.1. The molecule has 0 saturated heterocycles. The van der Waals surface area contributed by atoms with Gasteiger partial charge in [-0.1, -0.05) is 30.3 Å². The summed E-state index contributed by atoms with van der Waals surface area (Å²) in [6, 6.07) is 15.3. The summed E-state index contributed by atoms with van der Waals surface area (Å²) >= 11 is 0. The summed E-state index contributed by atoms with van der Waals surface area (Å²) < 4.78 is 5.20. The van der Waals surface area contributed by atoms with Crippen molar-refractivity contribution in [3.05, 3.63) is 60.3 Å². The van der Waals surface area contributed by atoms with Gasteiger partial charge in [-0.25, -0.2) is 4.79 Å². The fraction of sp³-hybridized carbons (Fsp3) is 0.200. The smallest absolute Gasteiger partial charge is 0.331 e. The van der Waals surface area contributed by atoms with Gasteiger partial charge in [0.1, 0.15) is 6.54 Å². The number of carbonyl (C=O) groups excluding carboxylic acids is 2. The molecule has 0 bridgehead atoms. The lowest BCUT2D eigenvalue weighted by Gasteiger charge is -2.29. The molecular formula is C20H19N3O3. The maximum absolute atomic E-state index is 12.3. The molecule has 2 aromatic carbocycles. The second kappa shape index (κ2) is 6.92. The maximum atomic E-state index is 12.3. The van der Waals surface area contributed by atoms with E-state index in [9.17, 15) is 9.59 Å². The SMILES string of the molecule is O=C(CN1CC(=O)Oc2ccccc21)NCCc1c[nH]c2ccccc12. The van der Waals surface area contributed by atoms with Crippen LogP contribution in [-0.2, 0) is 16.0 Å². The third kappa shape index (κ3) is 3.26. The number of esters is 1. The molecule has 2 N–H and O–H groups in total. The molecule has 26 heavy (non-hydrogen) atoms. The Kier molecular flexibility index (Phi) is 4.31. The van der Waals surface area contributed by atoms with Crippen LogP contribution in [0.3, 0.4) is 0 Å². The van der Waals surface area contributed by atoms with E-state index in [4.69, 9.17) is 4.74 Å². The summed E-state index contributed by atoms with van der Waals surface area (Å²) in [5.74, 6) is 0.0278. The van der Waals surface area contributed by atoms with Crippen LogP contribution < -0.4 is 15.0 Å². The molecule has 0 spiro atoms. The van der Waals surface area contributed by atoms with Crippen molar-refractivity contribution in [1.29, 1.82) is 0 Å². The molecule has 1 amide bonds. The average Bonchev–Trinajstić information content (AvgIpc) is 3.05. The first-order valence-electron chi connectivity index (χ1n) is 8.57. The number of aromatic amines is 1. The van der Waals surface area contributed by atoms with Gasteiger partial charge < -0.3 is 19.9 Å².